The first-order chi connectivity index (χ1) is 6.40. The van der Waals surface area contributed by atoms with E-state index in [0.717, 1.165) is 0 Å². The van der Waals surface area contributed by atoms with Gasteiger partial charge in [-0.25, -0.2) is 8.42 Å². The maximum Gasteiger partial charge on any atom is 0.313 e. The highest BCUT2D eigenvalue weighted by Crippen LogP contribution is 2.51. The summed E-state index contributed by atoms with van der Waals surface area (Å²) in [4.78, 5) is 10.9. The molecule has 0 bridgehead atoms. The van der Waals surface area contributed by atoms with E-state index in [4.69, 9.17) is 9.84 Å². The van der Waals surface area contributed by atoms with E-state index >= 15 is 0 Å². The third-order valence-corrected chi connectivity index (χ3v) is 4.96. The van der Waals surface area contributed by atoms with Crippen LogP contribution in [-0.4, -0.2) is 44.2 Å². The second-order valence-corrected chi connectivity index (χ2v) is 6.01. The van der Waals surface area contributed by atoms with Crippen LogP contribution >= 0.6 is 0 Å². The predicted octanol–water partition coefficient (Wildman–Crippen LogP) is -0.0892. The summed E-state index contributed by atoms with van der Waals surface area (Å²) >= 11 is 0. The molecule has 2 unspecified atom stereocenters. The van der Waals surface area contributed by atoms with Gasteiger partial charge in [0, 0.05) is 12.9 Å². The molecule has 0 aliphatic heterocycles. The smallest absolute Gasteiger partial charge is 0.313 e. The first-order valence-corrected chi connectivity index (χ1v) is 6.06. The van der Waals surface area contributed by atoms with Gasteiger partial charge in [-0.1, -0.05) is 6.92 Å². The molecule has 6 heteroatoms. The molecule has 0 saturated heterocycles. The number of sulfone groups is 1. The summed E-state index contributed by atoms with van der Waals surface area (Å²) in [5, 5.41) is 8.15. The van der Waals surface area contributed by atoms with Gasteiger partial charge in [-0.3, -0.25) is 4.79 Å². The van der Waals surface area contributed by atoms with Gasteiger partial charge in [-0.15, -0.1) is 0 Å². The number of ether oxygens (including phenoxy) is 1. The Bertz CT molecular complexity index is 334. The van der Waals surface area contributed by atoms with Crippen LogP contribution in [0, 0.1) is 5.41 Å². The molecule has 14 heavy (non-hydrogen) atoms. The van der Waals surface area contributed by atoms with Crippen molar-refractivity contribution in [3.05, 3.63) is 0 Å². The quantitative estimate of drug-likeness (QED) is 0.703. The summed E-state index contributed by atoms with van der Waals surface area (Å²) in [5.74, 6) is -1.10. The standard InChI is InChI=1S/C8H14O5S/c1-3-14(11,12)6-4-8(6,5-13-2)7(9)10/h6H,3-5H2,1-2H3,(H,9,10). The van der Waals surface area contributed by atoms with E-state index in [2.05, 4.69) is 0 Å². The van der Waals surface area contributed by atoms with E-state index in [1.165, 1.54) is 14.0 Å². The number of hydrogen-bond acceptors (Lipinski definition) is 4. The Balaban J connectivity index is 2.86. The van der Waals surface area contributed by atoms with Gasteiger partial charge >= 0.3 is 5.97 Å². The van der Waals surface area contributed by atoms with Crippen LogP contribution < -0.4 is 0 Å². The number of rotatable bonds is 5. The van der Waals surface area contributed by atoms with Crippen LogP contribution in [0.4, 0.5) is 0 Å². The van der Waals surface area contributed by atoms with Crippen molar-refractivity contribution >= 4 is 15.8 Å². The summed E-state index contributed by atoms with van der Waals surface area (Å²) in [5.41, 5.74) is -1.19. The lowest BCUT2D eigenvalue weighted by Crippen LogP contribution is -2.28. The molecule has 1 saturated carbocycles. The second kappa shape index (κ2) is 3.51. The fourth-order valence-electron chi connectivity index (χ4n) is 1.64. The van der Waals surface area contributed by atoms with Gasteiger partial charge in [-0.05, 0) is 6.42 Å². The number of carboxylic acid groups (broad SMARTS) is 1. The minimum Gasteiger partial charge on any atom is -0.481 e. The Kier molecular flexibility index (Phi) is 2.87. The van der Waals surface area contributed by atoms with Crippen LogP contribution in [0.5, 0.6) is 0 Å². The third kappa shape index (κ3) is 1.64. The molecule has 1 rings (SSSR count). The zero-order valence-corrected chi connectivity index (χ0v) is 9.00. The van der Waals surface area contributed by atoms with E-state index in [9.17, 15) is 13.2 Å². The number of hydrogen-bond donors (Lipinski definition) is 1. The highest BCUT2D eigenvalue weighted by Gasteiger charge is 2.66. The number of carboxylic acids is 1. The fraction of sp³-hybridized carbons (Fsp3) is 0.875. The Labute approximate surface area is 83.0 Å². The van der Waals surface area contributed by atoms with Crippen molar-refractivity contribution < 1.29 is 23.1 Å². The van der Waals surface area contributed by atoms with Crippen molar-refractivity contribution in [1.29, 1.82) is 0 Å². The zero-order chi connectivity index (χ0) is 11.0. The maximum atomic E-state index is 11.4. The van der Waals surface area contributed by atoms with Gasteiger partial charge in [-0.2, -0.15) is 0 Å². The van der Waals surface area contributed by atoms with Crippen molar-refractivity contribution in [2.75, 3.05) is 19.5 Å². The summed E-state index contributed by atoms with van der Waals surface area (Å²) in [7, 11) is -1.89. The lowest BCUT2D eigenvalue weighted by Gasteiger charge is -2.10. The molecule has 2 atom stereocenters. The van der Waals surface area contributed by atoms with Crippen LogP contribution in [-0.2, 0) is 19.4 Å². The van der Waals surface area contributed by atoms with Crippen LogP contribution in [0.3, 0.4) is 0 Å². The summed E-state index contributed by atoms with van der Waals surface area (Å²) < 4.78 is 27.6. The first-order valence-electron chi connectivity index (χ1n) is 4.34. The van der Waals surface area contributed by atoms with Gasteiger partial charge in [0.25, 0.3) is 0 Å². The molecule has 1 fully saturated rings. The minimum atomic E-state index is -3.26. The van der Waals surface area contributed by atoms with Crippen LogP contribution in [0.2, 0.25) is 0 Å². The molecule has 0 amide bonds. The van der Waals surface area contributed by atoms with E-state index < -0.39 is 26.5 Å². The summed E-state index contributed by atoms with van der Waals surface area (Å²) in [6.45, 7) is 1.49. The van der Waals surface area contributed by atoms with Crippen molar-refractivity contribution in [2.24, 2.45) is 5.41 Å². The van der Waals surface area contributed by atoms with Crippen molar-refractivity contribution in [2.45, 2.75) is 18.6 Å². The molecular formula is C8H14O5S. The van der Waals surface area contributed by atoms with Crippen LogP contribution in [0.1, 0.15) is 13.3 Å². The molecular weight excluding hydrogens is 208 g/mol. The summed E-state index contributed by atoms with van der Waals surface area (Å²) in [6.07, 6.45) is 0.173. The molecule has 0 spiro atoms. The highest BCUT2D eigenvalue weighted by molar-refractivity contribution is 7.92. The van der Waals surface area contributed by atoms with Gasteiger partial charge in [0.15, 0.2) is 9.84 Å². The Morgan fingerprint density at radius 3 is 2.57 bits per heavy atom. The molecule has 1 aliphatic carbocycles. The SMILES string of the molecule is CCS(=O)(=O)C1CC1(COC)C(=O)O. The summed E-state index contributed by atoms with van der Waals surface area (Å²) in [6, 6.07) is 0. The predicted molar refractivity (Wildman–Crippen MR) is 49.8 cm³/mol. The molecule has 0 aromatic heterocycles. The number of aliphatic carboxylic acids is 1. The largest absolute Gasteiger partial charge is 0.481 e. The molecule has 0 aromatic rings. The number of methoxy groups -OCH3 is 1. The monoisotopic (exact) mass is 222 g/mol. The first kappa shape index (κ1) is 11.5. The zero-order valence-electron chi connectivity index (χ0n) is 8.19. The molecule has 5 nitrogen and oxygen atoms in total. The second-order valence-electron chi connectivity index (χ2n) is 3.54. The van der Waals surface area contributed by atoms with E-state index in [1.807, 2.05) is 0 Å². The van der Waals surface area contributed by atoms with Gasteiger partial charge in [0.2, 0.25) is 0 Å². The number of carbonyl (C=O) groups is 1. The topological polar surface area (TPSA) is 80.7 Å². The van der Waals surface area contributed by atoms with Gasteiger partial charge in [0.1, 0.15) is 5.41 Å². The van der Waals surface area contributed by atoms with Crippen molar-refractivity contribution in [3.63, 3.8) is 0 Å². The van der Waals surface area contributed by atoms with Crippen LogP contribution in [0.25, 0.3) is 0 Å². The van der Waals surface area contributed by atoms with E-state index in [1.54, 1.807) is 0 Å². The van der Waals surface area contributed by atoms with E-state index in [0.29, 0.717) is 0 Å². The molecule has 1 aliphatic rings. The highest BCUT2D eigenvalue weighted by atomic mass is 32.2. The van der Waals surface area contributed by atoms with Gasteiger partial charge < -0.3 is 9.84 Å². The van der Waals surface area contributed by atoms with Crippen LogP contribution in [0.15, 0.2) is 0 Å². The Hall–Kier alpha value is -0.620. The van der Waals surface area contributed by atoms with Crippen molar-refractivity contribution in [3.8, 4) is 0 Å². The Morgan fingerprint density at radius 2 is 2.21 bits per heavy atom. The van der Waals surface area contributed by atoms with Crippen molar-refractivity contribution in [1.82, 2.24) is 0 Å². The maximum absolute atomic E-state index is 11.4. The Morgan fingerprint density at radius 1 is 1.64 bits per heavy atom. The fourth-order valence-corrected chi connectivity index (χ4v) is 3.45. The lowest BCUT2D eigenvalue weighted by molar-refractivity contribution is -0.145. The molecule has 0 radical (unpaired) electrons. The average Bonchev–Trinajstić information content (AvgIpc) is 2.82. The third-order valence-electron chi connectivity index (χ3n) is 2.67. The minimum absolute atomic E-state index is 0.0174. The van der Waals surface area contributed by atoms with E-state index in [-0.39, 0.29) is 18.8 Å². The molecule has 82 valence electrons. The molecule has 0 aromatic carbocycles. The lowest BCUT2D eigenvalue weighted by atomic mass is 10.1. The average molecular weight is 222 g/mol. The molecule has 0 heterocycles. The van der Waals surface area contributed by atoms with Gasteiger partial charge in [0.05, 0.1) is 11.9 Å². The molecule has 1 N–H and O–H groups in total. The normalized spacial score (nSPS) is 31.4.